The first-order chi connectivity index (χ1) is 16.4. The van der Waals surface area contributed by atoms with Crippen molar-refractivity contribution < 1.29 is 35.1 Å². The van der Waals surface area contributed by atoms with Crippen LogP contribution in [-0.2, 0) is 18.8 Å². The minimum absolute atomic E-state index is 0.212. The molecule has 0 nitrogen and oxygen atoms in total. The molecular formula is C27H14F8. The lowest BCUT2D eigenvalue weighted by atomic mass is 9.97. The highest BCUT2D eigenvalue weighted by atomic mass is 19.4. The van der Waals surface area contributed by atoms with Gasteiger partial charge in [0.15, 0.2) is 0 Å². The van der Waals surface area contributed by atoms with E-state index < -0.39 is 35.1 Å². The molecule has 0 N–H and O–H groups in total. The number of fused-ring (bicyclic) bond motifs is 3. The number of alkyl halides is 6. The van der Waals surface area contributed by atoms with Gasteiger partial charge >= 0.3 is 12.4 Å². The van der Waals surface area contributed by atoms with Gasteiger partial charge in [0.25, 0.3) is 0 Å². The Kier molecular flexibility index (Phi) is 5.23. The number of halogens is 8. The summed E-state index contributed by atoms with van der Waals surface area (Å²) in [6.07, 6.45) is -9.24. The second-order valence-electron chi connectivity index (χ2n) is 8.31. The van der Waals surface area contributed by atoms with Gasteiger partial charge in [-0.05, 0) is 75.2 Å². The summed E-state index contributed by atoms with van der Waals surface area (Å²) in [6.45, 7) is 0. The third-order valence-corrected chi connectivity index (χ3v) is 6.09. The van der Waals surface area contributed by atoms with Gasteiger partial charge in [-0.25, -0.2) is 8.78 Å². The van der Waals surface area contributed by atoms with Gasteiger partial charge in [-0.1, -0.05) is 48.5 Å². The summed E-state index contributed by atoms with van der Waals surface area (Å²) in [5.41, 5.74) is 2.04. The van der Waals surface area contributed by atoms with E-state index in [0.717, 1.165) is 46.5 Å². The van der Waals surface area contributed by atoms with Crippen LogP contribution in [0.4, 0.5) is 35.1 Å². The highest BCUT2D eigenvalue weighted by molar-refractivity contribution is 5.82. The third kappa shape index (κ3) is 4.17. The minimum atomic E-state index is -4.82. The van der Waals surface area contributed by atoms with E-state index in [9.17, 15) is 35.1 Å². The molecule has 1 aliphatic rings. The van der Waals surface area contributed by atoms with E-state index in [2.05, 4.69) is 0 Å². The van der Waals surface area contributed by atoms with Crippen molar-refractivity contribution in [3.8, 4) is 33.4 Å². The lowest BCUT2D eigenvalue weighted by molar-refractivity contribution is -0.140. The minimum Gasteiger partial charge on any atom is -0.206 e. The fraction of sp³-hybridized carbons (Fsp3) is 0.111. The standard InChI is InChI=1S/C27H14F8/c28-24-7-3-16(12-22(24)26(30,31)32)14-1-5-20-18(9-14)11-19-10-15(2-6-21(19)20)17-4-8-25(29)23(13-17)27(33,34)35/h1-10,12-13H,11H2. The van der Waals surface area contributed by atoms with Crippen LogP contribution in [-0.4, -0.2) is 0 Å². The summed E-state index contributed by atoms with van der Waals surface area (Å²) >= 11 is 0. The van der Waals surface area contributed by atoms with Crippen LogP contribution in [0.25, 0.3) is 33.4 Å². The van der Waals surface area contributed by atoms with Crippen LogP contribution in [0.15, 0.2) is 72.8 Å². The van der Waals surface area contributed by atoms with Gasteiger partial charge in [0.2, 0.25) is 0 Å². The zero-order valence-electron chi connectivity index (χ0n) is 17.7. The fourth-order valence-electron chi connectivity index (χ4n) is 4.41. The van der Waals surface area contributed by atoms with E-state index in [-0.39, 0.29) is 11.1 Å². The first kappa shape index (κ1) is 23.1. The maximum absolute atomic E-state index is 13.7. The molecule has 8 heteroatoms. The predicted molar refractivity (Wildman–Crippen MR) is 115 cm³/mol. The molecule has 1 aliphatic carbocycles. The lowest BCUT2D eigenvalue weighted by Crippen LogP contribution is -2.08. The highest BCUT2D eigenvalue weighted by Gasteiger charge is 2.35. The first-order valence-corrected chi connectivity index (χ1v) is 10.4. The van der Waals surface area contributed by atoms with Crippen molar-refractivity contribution in [2.45, 2.75) is 18.8 Å². The third-order valence-electron chi connectivity index (χ3n) is 6.09. The van der Waals surface area contributed by atoms with Crippen molar-refractivity contribution in [1.29, 1.82) is 0 Å². The number of rotatable bonds is 2. The SMILES string of the molecule is Fc1ccc(-c2ccc3c(c2)Cc2cc(-c4ccc(F)c(C(F)(F)F)c4)ccc2-3)cc1C(F)(F)F. The van der Waals surface area contributed by atoms with E-state index >= 15 is 0 Å². The molecule has 0 spiro atoms. The van der Waals surface area contributed by atoms with Crippen LogP contribution in [0.5, 0.6) is 0 Å². The number of benzene rings is 4. The smallest absolute Gasteiger partial charge is 0.206 e. The Balaban J connectivity index is 1.50. The van der Waals surface area contributed by atoms with Crippen molar-refractivity contribution in [2.75, 3.05) is 0 Å². The summed E-state index contributed by atoms with van der Waals surface area (Å²) in [6, 6.07) is 15.9. The van der Waals surface area contributed by atoms with E-state index in [1.165, 1.54) is 12.1 Å². The van der Waals surface area contributed by atoms with E-state index in [4.69, 9.17) is 0 Å². The van der Waals surface area contributed by atoms with E-state index in [1.54, 1.807) is 36.4 Å². The molecule has 0 saturated carbocycles. The Morgan fingerprint density at radius 1 is 0.457 bits per heavy atom. The summed E-state index contributed by atoms with van der Waals surface area (Å²) in [5, 5.41) is 0. The molecule has 0 heterocycles. The molecule has 4 aromatic carbocycles. The van der Waals surface area contributed by atoms with Crippen molar-refractivity contribution >= 4 is 0 Å². The quantitative estimate of drug-likeness (QED) is 0.217. The largest absolute Gasteiger partial charge is 0.419 e. The molecule has 0 unspecified atom stereocenters. The van der Waals surface area contributed by atoms with Crippen molar-refractivity contribution in [3.05, 3.63) is 107 Å². The topological polar surface area (TPSA) is 0 Å². The molecule has 0 aliphatic heterocycles. The zero-order valence-corrected chi connectivity index (χ0v) is 17.7. The van der Waals surface area contributed by atoms with Crippen LogP contribution >= 0.6 is 0 Å². The van der Waals surface area contributed by atoms with Gasteiger partial charge in [-0.3, -0.25) is 0 Å². The zero-order chi connectivity index (χ0) is 25.1. The Hall–Kier alpha value is -3.68. The predicted octanol–water partition coefficient (Wildman–Crippen LogP) is 8.91. The van der Waals surface area contributed by atoms with E-state index in [1.807, 2.05) is 0 Å². The molecule has 0 bridgehead atoms. The van der Waals surface area contributed by atoms with Gasteiger partial charge in [0, 0.05) is 0 Å². The maximum atomic E-state index is 13.7. The monoisotopic (exact) mass is 490 g/mol. The second kappa shape index (κ2) is 7.93. The average Bonchev–Trinajstić information content (AvgIpc) is 3.15. The van der Waals surface area contributed by atoms with Crippen LogP contribution < -0.4 is 0 Å². The van der Waals surface area contributed by atoms with Crippen molar-refractivity contribution in [3.63, 3.8) is 0 Å². The van der Waals surface area contributed by atoms with Gasteiger partial charge in [-0.15, -0.1) is 0 Å². The highest BCUT2D eigenvalue weighted by Crippen LogP contribution is 2.42. The lowest BCUT2D eigenvalue weighted by Gasteiger charge is -2.11. The average molecular weight is 490 g/mol. The molecule has 0 fully saturated rings. The molecule has 178 valence electrons. The van der Waals surface area contributed by atoms with E-state index in [0.29, 0.717) is 17.5 Å². The molecule has 0 atom stereocenters. The Morgan fingerprint density at radius 2 is 0.800 bits per heavy atom. The van der Waals surface area contributed by atoms with Gasteiger partial charge in [0.05, 0.1) is 11.1 Å². The second-order valence-corrected chi connectivity index (χ2v) is 8.31. The molecule has 35 heavy (non-hydrogen) atoms. The Labute approximate surface area is 194 Å². The Bertz CT molecular complexity index is 1350. The van der Waals surface area contributed by atoms with Gasteiger partial charge in [-0.2, -0.15) is 26.3 Å². The molecule has 4 aromatic rings. The molecule has 0 aromatic heterocycles. The summed E-state index contributed by atoms with van der Waals surface area (Å²) in [4.78, 5) is 0. The van der Waals surface area contributed by atoms with Crippen molar-refractivity contribution in [1.82, 2.24) is 0 Å². The van der Waals surface area contributed by atoms with Crippen LogP contribution in [0, 0.1) is 11.6 Å². The van der Waals surface area contributed by atoms with Gasteiger partial charge in [0.1, 0.15) is 11.6 Å². The molecule has 0 saturated heterocycles. The normalized spacial score (nSPS) is 13.0. The Morgan fingerprint density at radius 3 is 1.17 bits per heavy atom. The molecule has 0 radical (unpaired) electrons. The fourth-order valence-corrected chi connectivity index (χ4v) is 4.41. The molecule has 5 rings (SSSR count). The summed E-state index contributed by atoms with van der Waals surface area (Å²) in [7, 11) is 0. The van der Waals surface area contributed by atoms with Crippen LogP contribution in [0.2, 0.25) is 0 Å². The van der Waals surface area contributed by atoms with Crippen LogP contribution in [0.3, 0.4) is 0 Å². The molecule has 0 amide bonds. The van der Waals surface area contributed by atoms with Crippen LogP contribution in [0.1, 0.15) is 22.3 Å². The maximum Gasteiger partial charge on any atom is 0.419 e. The first-order valence-electron chi connectivity index (χ1n) is 10.4. The molecular weight excluding hydrogens is 476 g/mol. The summed E-state index contributed by atoms with van der Waals surface area (Å²) in [5.74, 6) is -2.70. The van der Waals surface area contributed by atoms with Crippen molar-refractivity contribution in [2.24, 2.45) is 0 Å². The number of hydrogen-bond acceptors (Lipinski definition) is 0. The van der Waals surface area contributed by atoms with Gasteiger partial charge < -0.3 is 0 Å². The summed E-state index contributed by atoms with van der Waals surface area (Å²) < 4.78 is 106. The number of hydrogen-bond donors (Lipinski definition) is 0.